The van der Waals surface area contributed by atoms with Crippen LogP contribution in [0, 0.1) is 41.4 Å². The summed E-state index contributed by atoms with van der Waals surface area (Å²) in [7, 11) is 8.05. The Labute approximate surface area is 480 Å². The second-order valence-electron chi connectivity index (χ2n) is 22.7. The van der Waals surface area contributed by atoms with Gasteiger partial charge >= 0.3 is 17.9 Å². The Morgan fingerprint density at radius 1 is 0.402 bits per heavy atom. The maximum atomic E-state index is 12.4. The molecule has 6 heterocycles. The van der Waals surface area contributed by atoms with Gasteiger partial charge in [-0.15, -0.1) is 0 Å². The zero-order chi connectivity index (χ0) is 60.4. The van der Waals surface area contributed by atoms with Crippen LogP contribution in [-0.4, -0.2) is 215 Å². The van der Waals surface area contributed by atoms with E-state index in [4.69, 9.17) is 85.3 Å². The molecule has 6 aliphatic rings. The number of hydrogen-bond acceptors (Lipinski definition) is 24. The minimum Gasteiger partial charge on any atom is -0.463 e. The van der Waals surface area contributed by atoms with Gasteiger partial charge in [0.05, 0.1) is 73.1 Å². The maximum Gasteiger partial charge on any atom is 0.302 e. The van der Waals surface area contributed by atoms with Crippen LogP contribution in [0.4, 0.5) is 0 Å². The van der Waals surface area contributed by atoms with E-state index in [1.54, 1.807) is 35.1 Å². The van der Waals surface area contributed by atoms with E-state index in [9.17, 15) is 25.4 Å². The van der Waals surface area contributed by atoms with Crippen LogP contribution >= 0.6 is 0 Å². The number of hydrogen-bond donors (Lipinski definition) is 1. The number of ether oxygens (including phenoxy) is 18. The summed E-state index contributed by atoms with van der Waals surface area (Å²) in [5.41, 5.74) is 20.0. The van der Waals surface area contributed by atoms with E-state index >= 15 is 0 Å². The van der Waals surface area contributed by atoms with Gasteiger partial charge in [-0.3, -0.25) is 14.4 Å². The SMILES string of the molecule is CNC1[C@@H](OC)OC(COC(C)=O)[C@@H](O[C@@H]2OC(C)[C@@H](O[C@H]3OC(COC(C)=O)[C@@H](O[C@@H]4OC(C)[C@@H](O[C@@H]5OC(COC(C)=O)[C@@H](O[C@@H]6OC(C)[C@@H](C)[C@@H](OC)C6C)[C@H](C)C5N=[N+]=[N-])[C@@H](OC)C4C)[C@H](C)C3N=[N+]=[N-])[C@@H](OC)C2C)[C@@H]1C. The third-order valence-corrected chi connectivity index (χ3v) is 17.4. The normalized spacial score (nSPS) is 45.2. The molecule has 0 aromatic heterocycles. The lowest BCUT2D eigenvalue weighted by Crippen LogP contribution is -2.64. The Morgan fingerprint density at radius 2 is 0.732 bits per heavy atom. The molecule has 468 valence electrons. The van der Waals surface area contributed by atoms with Crippen LogP contribution in [0.5, 0.6) is 0 Å². The molecular weight excluding hydrogens is 1080 g/mol. The van der Waals surface area contributed by atoms with Crippen molar-refractivity contribution in [3.63, 3.8) is 0 Å². The fraction of sp³-hybridized carbons (Fsp3) is 0.944. The van der Waals surface area contributed by atoms with E-state index in [1.165, 1.54) is 35.0 Å². The van der Waals surface area contributed by atoms with Crippen molar-refractivity contribution in [2.24, 2.45) is 51.7 Å². The molecule has 6 fully saturated rings. The van der Waals surface area contributed by atoms with Crippen molar-refractivity contribution in [2.75, 3.05) is 55.3 Å². The van der Waals surface area contributed by atoms with Crippen molar-refractivity contribution in [3.05, 3.63) is 20.9 Å². The molecule has 0 aromatic carbocycles. The quantitative estimate of drug-likeness (QED) is 0.0457. The molecule has 6 aliphatic heterocycles. The highest BCUT2D eigenvalue weighted by atomic mass is 16.8. The number of methoxy groups -OCH3 is 4. The first-order valence-electron chi connectivity index (χ1n) is 28.5. The number of esters is 3. The molecule has 0 saturated carbocycles. The van der Waals surface area contributed by atoms with Gasteiger partial charge in [-0.2, -0.15) is 0 Å². The van der Waals surface area contributed by atoms with E-state index in [2.05, 4.69) is 32.3 Å². The third-order valence-electron chi connectivity index (χ3n) is 17.4. The van der Waals surface area contributed by atoms with Crippen LogP contribution in [0.3, 0.4) is 0 Å². The molecule has 6 saturated heterocycles. The molecule has 0 aliphatic carbocycles. The number of nitrogens with zero attached hydrogens (tertiary/aromatic N) is 6. The first kappa shape index (κ1) is 67.5. The van der Waals surface area contributed by atoms with Crippen molar-refractivity contribution in [3.8, 4) is 0 Å². The molecular formula is C54H91N7O21. The van der Waals surface area contributed by atoms with Crippen LogP contribution in [0.2, 0.25) is 0 Å². The van der Waals surface area contributed by atoms with Gasteiger partial charge in [0.15, 0.2) is 37.7 Å². The largest absolute Gasteiger partial charge is 0.463 e. The molecule has 0 aromatic rings. The molecule has 28 nitrogen and oxygen atoms in total. The second-order valence-corrected chi connectivity index (χ2v) is 22.7. The van der Waals surface area contributed by atoms with Crippen molar-refractivity contribution in [1.82, 2.24) is 5.32 Å². The summed E-state index contributed by atoms with van der Waals surface area (Å²) in [6, 6.07) is -2.25. The molecule has 82 heavy (non-hydrogen) atoms. The number of azide groups is 2. The standard InChI is InChI=1S/C54H91N7O21/c1-22-29(8)72-49(26(5)41(22)65-15)79-43-24(3)39(58-60-55)53(76-36(43)20-70-33(12)63)82-48-31(10)74-51(28(7)46(48)67-17)80-44-25(4)40(59-61-56)54(77-37(44)21-71-34(13)64)81-47-30(9)73-50(27(6)45(47)66-16)78-42-23(2)38(57-14)52(68-18)75-35(42)19-69-32(11)62/h22-31,35-54,57H,19-21H2,1-18H3/t22-,23-,24-,25-,26?,27?,28?,29?,30?,31?,35?,36?,37?,38?,39?,40?,41-,42+,43+,44+,45+,46+,47-,48-,49+,50+,51+,52+,53+,54-/m1/s1. The van der Waals surface area contributed by atoms with Gasteiger partial charge in [-0.05, 0) is 50.7 Å². The van der Waals surface area contributed by atoms with E-state index in [0.29, 0.717) is 0 Å². The molecule has 0 amide bonds. The Balaban J connectivity index is 1.19. The number of carbonyl (C=O) groups is 3. The van der Waals surface area contributed by atoms with Crippen LogP contribution in [-0.2, 0) is 99.6 Å². The number of rotatable bonds is 23. The maximum absolute atomic E-state index is 12.4. The lowest BCUT2D eigenvalue weighted by molar-refractivity contribution is -0.368. The number of likely N-dealkylation sites (N-methyl/N-ethyl adjacent to an activating group) is 1. The molecule has 28 heteroatoms. The Hall–Kier alpha value is -3.61. The molecule has 12 unspecified atom stereocenters. The number of nitrogens with one attached hydrogen (secondary N) is 1. The average Bonchev–Trinajstić information content (AvgIpc) is 3.59. The van der Waals surface area contributed by atoms with E-state index in [-0.39, 0.29) is 55.8 Å². The summed E-state index contributed by atoms with van der Waals surface area (Å²) in [5.74, 6) is -4.19. The van der Waals surface area contributed by atoms with E-state index in [1.807, 2.05) is 48.5 Å². The molecule has 0 spiro atoms. The molecule has 0 radical (unpaired) electrons. The van der Waals surface area contributed by atoms with Gasteiger partial charge in [0, 0.05) is 88.6 Å². The van der Waals surface area contributed by atoms with Crippen LogP contribution in [0.15, 0.2) is 10.2 Å². The van der Waals surface area contributed by atoms with Crippen molar-refractivity contribution < 1.29 is 99.6 Å². The molecule has 1 N–H and O–H groups in total. The minimum absolute atomic E-state index is 0.0793. The van der Waals surface area contributed by atoms with Gasteiger partial charge in [0.1, 0.15) is 50.3 Å². The summed E-state index contributed by atoms with van der Waals surface area (Å²) in [4.78, 5) is 42.9. The summed E-state index contributed by atoms with van der Waals surface area (Å²) in [5, 5.41) is 11.6. The van der Waals surface area contributed by atoms with Crippen LogP contribution < -0.4 is 5.32 Å². The second kappa shape index (κ2) is 30.6. The fourth-order valence-corrected chi connectivity index (χ4v) is 12.6. The predicted molar refractivity (Wildman–Crippen MR) is 286 cm³/mol. The van der Waals surface area contributed by atoms with Crippen LogP contribution in [0.1, 0.15) is 90.0 Å². The number of carbonyl (C=O) groups excluding carboxylic acids is 3. The molecule has 6 rings (SSSR count). The highest BCUT2D eigenvalue weighted by Gasteiger charge is 2.56. The van der Waals surface area contributed by atoms with Gasteiger partial charge in [-0.25, -0.2) is 0 Å². The van der Waals surface area contributed by atoms with Gasteiger partial charge in [-0.1, -0.05) is 58.7 Å². The van der Waals surface area contributed by atoms with Crippen molar-refractivity contribution in [2.45, 2.75) is 231 Å². The Bertz CT molecular complexity index is 2170. The van der Waals surface area contributed by atoms with Crippen molar-refractivity contribution >= 4 is 17.9 Å². The first-order chi connectivity index (χ1) is 39.0. The first-order valence-corrected chi connectivity index (χ1v) is 28.5. The Morgan fingerprint density at radius 3 is 1.06 bits per heavy atom. The topological polar surface area (TPSA) is 327 Å². The lowest BCUT2D eigenvalue weighted by Gasteiger charge is -2.52. The fourth-order valence-electron chi connectivity index (χ4n) is 12.6. The smallest absolute Gasteiger partial charge is 0.302 e. The lowest BCUT2D eigenvalue weighted by atomic mass is 9.85. The monoisotopic (exact) mass is 1170 g/mol. The highest BCUT2D eigenvalue weighted by molar-refractivity contribution is 5.66. The summed E-state index contributed by atoms with van der Waals surface area (Å²) < 4.78 is 113. The Kier molecular flexibility index (Phi) is 25.2. The third kappa shape index (κ3) is 15.5. The van der Waals surface area contributed by atoms with E-state index < -0.39 is 165 Å². The van der Waals surface area contributed by atoms with E-state index in [0.717, 1.165) is 0 Å². The predicted octanol–water partition coefficient (Wildman–Crippen LogP) is 5.10. The summed E-state index contributed by atoms with van der Waals surface area (Å²) >= 11 is 0. The zero-order valence-corrected chi connectivity index (χ0v) is 50.7. The van der Waals surface area contributed by atoms with Gasteiger partial charge in [0.25, 0.3) is 0 Å². The van der Waals surface area contributed by atoms with Crippen LogP contribution in [0.25, 0.3) is 20.9 Å². The zero-order valence-electron chi connectivity index (χ0n) is 50.7. The molecule has 30 atom stereocenters. The van der Waals surface area contributed by atoms with Crippen molar-refractivity contribution in [1.29, 1.82) is 0 Å². The van der Waals surface area contributed by atoms with Gasteiger partial charge in [0.2, 0.25) is 0 Å². The summed E-state index contributed by atoms with van der Waals surface area (Å²) in [6.45, 7) is 22.3. The summed E-state index contributed by atoms with van der Waals surface area (Å²) in [6.07, 6.45) is -15.6. The molecule has 0 bridgehead atoms. The minimum atomic E-state index is -1.23. The van der Waals surface area contributed by atoms with Gasteiger partial charge < -0.3 is 90.6 Å². The highest BCUT2D eigenvalue weighted by Crippen LogP contribution is 2.43. The average molecular weight is 1170 g/mol.